The molecular weight excluding hydrogens is 540 g/mol. The lowest BCUT2D eigenvalue weighted by atomic mass is 9.98. The van der Waals surface area contributed by atoms with E-state index < -0.39 is 11.7 Å². The number of H-pyrrole nitrogens is 1. The Morgan fingerprint density at radius 2 is 1.76 bits per heavy atom. The molecule has 9 heteroatoms. The molecule has 1 atom stereocenters. The molecule has 2 aromatic heterocycles. The highest BCUT2D eigenvalue weighted by atomic mass is 35.5. The maximum Gasteiger partial charge on any atom is 0.410 e. The van der Waals surface area contributed by atoms with Gasteiger partial charge in [-0.1, -0.05) is 41.9 Å². The van der Waals surface area contributed by atoms with Gasteiger partial charge in [0.2, 0.25) is 0 Å². The van der Waals surface area contributed by atoms with Crippen molar-refractivity contribution in [1.82, 2.24) is 19.8 Å². The van der Waals surface area contributed by atoms with Crippen LogP contribution in [0.3, 0.4) is 0 Å². The number of hydrogen-bond donors (Lipinski definition) is 1. The van der Waals surface area contributed by atoms with Gasteiger partial charge in [0.1, 0.15) is 17.0 Å². The van der Waals surface area contributed by atoms with Crippen LogP contribution < -0.4 is 4.74 Å². The number of rotatable bonds is 4. The number of amides is 2. The van der Waals surface area contributed by atoms with Crippen LogP contribution >= 0.6 is 11.6 Å². The summed E-state index contributed by atoms with van der Waals surface area (Å²) in [5, 5.41) is 1.56. The summed E-state index contributed by atoms with van der Waals surface area (Å²) >= 11 is 6.59. The van der Waals surface area contributed by atoms with Gasteiger partial charge >= 0.3 is 6.09 Å². The lowest BCUT2D eigenvalue weighted by Gasteiger charge is -2.36. The first kappa shape index (κ1) is 27.1. The number of hydrogen-bond acceptors (Lipinski definition) is 5. The molecule has 0 saturated carbocycles. The summed E-state index contributed by atoms with van der Waals surface area (Å²) < 4.78 is 11.9. The van der Waals surface area contributed by atoms with E-state index in [-0.39, 0.29) is 12.0 Å². The SMILES string of the molecule is CC(C)(C)OC(=O)N1CCN(C(=O)C2Cc3cc(Cl)cc(-c4ccnc5[nH]c(Cc6ccccc6)cc45)c3O2)CC1. The Morgan fingerprint density at radius 3 is 2.49 bits per heavy atom. The van der Waals surface area contributed by atoms with Gasteiger partial charge < -0.3 is 24.3 Å². The van der Waals surface area contributed by atoms with Crippen LogP contribution in [0.4, 0.5) is 4.79 Å². The second kappa shape index (κ2) is 10.7. The van der Waals surface area contributed by atoms with Gasteiger partial charge in [-0.3, -0.25) is 4.79 Å². The molecule has 2 aromatic carbocycles. The van der Waals surface area contributed by atoms with Gasteiger partial charge in [-0.15, -0.1) is 0 Å². The predicted molar refractivity (Wildman–Crippen MR) is 158 cm³/mol. The van der Waals surface area contributed by atoms with Gasteiger partial charge in [0.15, 0.2) is 6.10 Å². The third-order valence-electron chi connectivity index (χ3n) is 7.43. The van der Waals surface area contributed by atoms with Gasteiger partial charge in [-0.2, -0.15) is 0 Å². The van der Waals surface area contributed by atoms with Crippen molar-refractivity contribution in [2.75, 3.05) is 26.2 Å². The van der Waals surface area contributed by atoms with Gasteiger partial charge in [0.05, 0.1) is 0 Å². The molecule has 41 heavy (non-hydrogen) atoms. The first-order valence-corrected chi connectivity index (χ1v) is 14.3. The Kier molecular flexibility index (Phi) is 7.11. The van der Waals surface area contributed by atoms with Crippen LogP contribution in [0.15, 0.2) is 60.8 Å². The summed E-state index contributed by atoms with van der Waals surface area (Å²) in [6.45, 7) is 7.24. The summed E-state index contributed by atoms with van der Waals surface area (Å²) in [4.78, 5) is 37.4. The zero-order valence-electron chi connectivity index (χ0n) is 23.4. The van der Waals surface area contributed by atoms with Gasteiger partial charge in [0, 0.05) is 72.4 Å². The molecule has 6 rings (SSSR count). The standard InChI is InChI=1S/C32H33ClN4O4/c1-32(2,3)41-31(39)37-13-11-36(12-14-37)30(38)27-17-21-16-22(33)18-25(28(21)40-27)24-9-10-34-29-26(24)19-23(35-29)15-20-7-5-4-6-8-20/h4-10,16,18-19,27H,11-15,17H2,1-3H3,(H,34,35). The van der Waals surface area contributed by atoms with Gasteiger partial charge in [0.25, 0.3) is 5.91 Å². The Morgan fingerprint density at radius 1 is 1.02 bits per heavy atom. The Bertz CT molecular complexity index is 1600. The van der Waals surface area contributed by atoms with Gasteiger partial charge in [-0.25, -0.2) is 9.78 Å². The van der Waals surface area contributed by atoms with E-state index in [2.05, 4.69) is 28.2 Å². The van der Waals surface area contributed by atoms with E-state index in [0.29, 0.717) is 43.4 Å². The monoisotopic (exact) mass is 572 g/mol. The molecule has 0 bridgehead atoms. The summed E-state index contributed by atoms with van der Waals surface area (Å²) in [7, 11) is 0. The maximum atomic E-state index is 13.5. The van der Waals surface area contributed by atoms with Crippen molar-refractivity contribution in [2.45, 2.75) is 45.3 Å². The third-order valence-corrected chi connectivity index (χ3v) is 7.65. The number of aromatic amines is 1. The van der Waals surface area contributed by atoms with Crippen molar-refractivity contribution >= 4 is 34.6 Å². The van der Waals surface area contributed by atoms with Crippen molar-refractivity contribution in [3.05, 3.63) is 82.6 Å². The van der Waals surface area contributed by atoms with Crippen LogP contribution in [0.25, 0.3) is 22.2 Å². The smallest absolute Gasteiger partial charge is 0.410 e. The fraction of sp³-hybridized carbons (Fsp3) is 0.344. The molecule has 1 unspecified atom stereocenters. The molecule has 0 radical (unpaired) electrons. The fourth-order valence-electron chi connectivity index (χ4n) is 5.53. The number of piperazine rings is 1. The number of carbonyl (C=O) groups is 2. The Hall–Kier alpha value is -4.04. The van der Waals surface area contributed by atoms with Crippen LogP contribution in [0.2, 0.25) is 5.02 Å². The van der Waals surface area contributed by atoms with E-state index in [1.165, 1.54) is 5.56 Å². The number of nitrogens with one attached hydrogen (secondary N) is 1. The van der Waals surface area contributed by atoms with Crippen LogP contribution in [0, 0.1) is 0 Å². The maximum absolute atomic E-state index is 13.5. The molecule has 2 amide bonds. The Labute approximate surface area is 244 Å². The number of benzene rings is 2. The molecule has 0 aliphatic carbocycles. The van der Waals surface area contributed by atoms with E-state index in [1.54, 1.807) is 16.0 Å². The predicted octanol–water partition coefficient (Wildman–Crippen LogP) is 5.86. The van der Waals surface area contributed by atoms with Crippen molar-refractivity contribution in [3.63, 3.8) is 0 Å². The number of nitrogens with zero attached hydrogens (tertiary/aromatic N) is 3. The second-order valence-corrected chi connectivity index (χ2v) is 12.1. The van der Waals surface area contributed by atoms with Crippen molar-refractivity contribution in [2.24, 2.45) is 0 Å². The average Bonchev–Trinajstić information content (AvgIpc) is 3.55. The van der Waals surface area contributed by atoms with E-state index in [4.69, 9.17) is 21.1 Å². The number of aromatic nitrogens is 2. The summed E-state index contributed by atoms with van der Waals surface area (Å²) in [5.41, 5.74) is 5.19. The van der Waals surface area contributed by atoms with E-state index in [9.17, 15) is 9.59 Å². The van der Waals surface area contributed by atoms with E-state index >= 15 is 0 Å². The molecule has 4 heterocycles. The van der Waals surface area contributed by atoms with Crippen LogP contribution in [0.5, 0.6) is 5.75 Å². The molecule has 1 saturated heterocycles. The molecule has 2 aliphatic heterocycles. The number of carbonyl (C=O) groups excluding carboxylic acids is 2. The molecule has 212 valence electrons. The fourth-order valence-corrected chi connectivity index (χ4v) is 5.77. The molecule has 1 fully saturated rings. The zero-order valence-corrected chi connectivity index (χ0v) is 24.2. The minimum Gasteiger partial charge on any atom is -0.479 e. The number of pyridine rings is 1. The highest BCUT2D eigenvalue weighted by Gasteiger charge is 2.36. The highest BCUT2D eigenvalue weighted by molar-refractivity contribution is 6.31. The summed E-state index contributed by atoms with van der Waals surface area (Å²) in [6, 6.07) is 18.1. The van der Waals surface area contributed by atoms with Crippen molar-refractivity contribution in [1.29, 1.82) is 0 Å². The van der Waals surface area contributed by atoms with Crippen molar-refractivity contribution in [3.8, 4) is 16.9 Å². The minimum absolute atomic E-state index is 0.0845. The van der Waals surface area contributed by atoms with Crippen LogP contribution in [-0.4, -0.2) is 69.7 Å². The van der Waals surface area contributed by atoms with E-state index in [0.717, 1.165) is 39.8 Å². The first-order valence-electron chi connectivity index (χ1n) is 13.9. The minimum atomic E-state index is -0.646. The molecular formula is C32H33ClN4O4. The molecule has 0 spiro atoms. The molecule has 2 aliphatic rings. The molecule has 8 nitrogen and oxygen atoms in total. The lowest BCUT2D eigenvalue weighted by Crippen LogP contribution is -2.54. The molecule has 1 N–H and O–H groups in total. The normalized spacial score (nSPS) is 16.9. The summed E-state index contributed by atoms with van der Waals surface area (Å²) in [6.07, 6.45) is 1.98. The van der Waals surface area contributed by atoms with Crippen molar-refractivity contribution < 1.29 is 19.1 Å². The van der Waals surface area contributed by atoms with Crippen LogP contribution in [0.1, 0.15) is 37.6 Å². The number of halogens is 1. The van der Waals surface area contributed by atoms with Crippen LogP contribution in [-0.2, 0) is 22.4 Å². The zero-order chi connectivity index (χ0) is 28.7. The molecule has 4 aromatic rings. The number of fused-ring (bicyclic) bond motifs is 2. The van der Waals surface area contributed by atoms with Gasteiger partial charge in [-0.05, 0) is 56.2 Å². The highest BCUT2D eigenvalue weighted by Crippen LogP contribution is 2.43. The second-order valence-electron chi connectivity index (χ2n) is 11.6. The summed E-state index contributed by atoms with van der Waals surface area (Å²) in [5.74, 6) is 0.595. The largest absolute Gasteiger partial charge is 0.479 e. The number of ether oxygens (including phenoxy) is 2. The lowest BCUT2D eigenvalue weighted by molar-refractivity contribution is -0.139. The third kappa shape index (κ3) is 5.75. The average molecular weight is 573 g/mol. The Balaban J connectivity index is 1.21. The topological polar surface area (TPSA) is 87.8 Å². The van der Waals surface area contributed by atoms with E-state index in [1.807, 2.05) is 57.2 Å². The quantitative estimate of drug-likeness (QED) is 0.331. The first-order chi connectivity index (χ1) is 19.6.